The summed E-state index contributed by atoms with van der Waals surface area (Å²) in [7, 11) is -2.13. The summed E-state index contributed by atoms with van der Waals surface area (Å²) in [6, 6.07) is 0. The number of carbonyl (C=O) groups is 2. The molecule has 0 spiro atoms. The van der Waals surface area contributed by atoms with Gasteiger partial charge in [-0.1, -0.05) is 6.42 Å². The van der Waals surface area contributed by atoms with E-state index in [1.807, 2.05) is 0 Å². The van der Waals surface area contributed by atoms with Gasteiger partial charge in [-0.25, -0.2) is 8.42 Å². The normalized spacial score (nSPS) is 22.2. The van der Waals surface area contributed by atoms with E-state index in [1.54, 1.807) is 6.92 Å². The standard InChI is InChI=1S/C11H19NO5S/c1-3-12(8-10(13)17-2)11(14)9-6-4-5-7-18(9,15)16/h9H,3-8H2,1-2H3. The summed E-state index contributed by atoms with van der Waals surface area (Å²) in [4.78, 5) is 24.5. The lowest BCUT2D eigenvalue weighted by molar-refractivity contribution is -0.146. The maximum Gasteiger partial charge on any atom is 0.325 e. The van der Waals surface area contributed by atoms with Gasteiger partial charge in [-0.3, -0.25) is 9.59 Å². The lowest BCUT2D eigenvalue weighted by Crippen LogP contribution is -2.47. The predicted molar refractivity (Wildman–Crippen MR) is 65.7 cm³/mol. The topological polar surface area (TPSA) is 80.8 Å². The van der Waals surface area contributed by atoms with Crippen LogP contribution in [0.1, 0.15) is 26.2 Å². The van der Waals surface area contributed by atoms with Gasteiger partial charge in [0.1, 0.15) is 11.8 Å². The minimum absolute atomic E-state index is 0.0547. The van der Waals surface area contributed by atoms with Gasteiger partial charge in [0, 0.05) is 6.54 Å². The molecular weight excluding hydrogens is 258 g/mol. The summed E-state index contributed by atoms with van der Waals surface area (Å²) in [6.07, 6.45) is 1.68. The maximum absolute atomic E-state index is 12.1. The molecule has 1 aliphatic rings. The Bertz CT molecular complexity index is 417. The molecule has 0 aromatic carbocycles. The first kappa shape index (κ1) is 14.9. The molecule has 1 amide bonds. The molecule has 0 aromatic rings. The zero-order chi connectivity index (χ0) is 13.8. The van der Waals surface area contributed by atoms with E-state index in [-0.39, 0.29) is 12.3 Å². The van der Waals surface area contributed by atoms with Gasteiger partial charge in [-0.05, 0) is 19.8 Å². The van der Waals surface area contributed by atoms with Crippen LogP contribution in [-0.2, 0) is 24.2 Å². The zero-order valence-electron chi connectivity index (χ0n) is 10.7. The van der Waals surface area contributed by atoms with Crippen molar-refractivity contribution < 1.29 is 22.7 Å². The van der Waals surface area contributed by atoms with Gasteiger partial charge < -0.3 is 9.64 Å². The van der Waals surface area contributed by atoms with E-state index in [0.29, 0.717) is 19.4 Å². The molecule has 1 heterocycles. The SMILES string of the molecule is CCN(CC(=O)OC)C(=O)C1CCCCS1(=O)=O. The van der Waals surface area contributed by atoms with E-state index in [4.69, 9.17) is 0 Å². The fourth-order valence-electron chi connectivity index (χ4n) is 2.00. The first-order valence-corrected chi connectivity index (χ1v) is 7.71. The van der Waals surface area contributed by atoms with E-state index in [2.05, 4.69) is 4.74 Å². The Morgan fingerprint density at radius 3 is 2.50 bits per heavy atom. The number of nitrogens with zero attached hydrogens (tertiary/aromatic N) is 1. The van der Waals surface area contributed by atoms with Gasteiger partial charge in [-0.2, -0.15) is 0 Å². The van der Waals surface area contributed by atoms with Crippen LogP contribution in [0.15, 0.2) is 0 Å². The number of hydrogen-bond donors (Lipinski definition) is 0. The van der Waals surface area contributed by atoms with Gasteiger partial charge in [-0.15, -0.1) is 0 Å². The third kappa shape index (κ3) is 3.44. The number of hydrogen-bond acceptors (Lipinski definition) is 5. The Morgan fingerprint density at radius 2 is 2.00 bits per heavy atom. The van der Waals surface area contributed by atoms with Crippen molar-refractivity contribution in [2.24, 2.45) is 0 Å². The van der Waals surface area contributed by atoms with Crippen LogP contribution >= 0.6 is 0 Å². The second-order valence-corrected chi connectivity index (χ2v) is 6.58. The van der Waals surface area contributed by atoms with E-state index >= 15 is 0 Å². The van der Waals surface area contributed by atoms with Gasteiger partial charge in [0.15, 0.2) is 9.84 Å². The molecular formula is C11H19NO5S. The fourth-order valence-corrected chi connectivity index (χ4v) is 3.87. The summed E-state index contributed by atoms with van der Waals surface area (Å²) < 4.78 is 28.2. The summed E-state index contributed by atoms with van der Waals surface area (Å²) in [5.41, 5.74) is 0. The molecule has 6 nitrogen and oxygen atoms in total. The Hall–Kier alpha value is -1.11. The molecule has 0 aromatic heterocycles. The molecule has 0 aliphatic carbocycles. The number of likely N-dealkylation sites (N-methyl/N-ethyl adjacent to an activating group) is 1. The molecule has 1 fully saturated rings. The number of amides is 1. The molecule has 18 heavy (non-hydrogen) atoms. The molecule has 1 rings (SSSR count). The monoisotopic (exact) mass is 277 g/mol. The number of esters is 1. The van der Waals surface area contributed by atoms with Crippen molar-refractivity contribution in [2.75, 3.05) is 26.0 Å². The van der Waals surface area contributed by atoms with Crippen LogP contribution in [0.3, 0.4) is 0 Å². The van der Waals surface area contributed by atoms with Crippen LogP contribution in [0.25, 0.3) is 0 Å². The van der Waals surface area contributed by atoms with Crippen LogP contribution in [0.5, 0.6) is 0 Å². The molecule has 1 saturated heterocycles. The minimum atomic E-state index is -3.36. The Balaban J connectivity index is 2.80. The van der Waals surface area contributed by atoms with Crippen molar-refractivity contribution in [1.82, 2.24) is 4.90 Å². The summed E-state index contributed by atoms with van der Waals surface area (Å²) >= 11 is 0. The van der Waals surface area contributed by atoms with E-state index < -0.39 is 27.0 Å². The quantitative estimate of drug-likeness (QED) is 0.674. The third-order valence-corrected chi connectivity index (χ3v) is 5.26. The fraction of sp³-hybridized carbons (Fsp3) is 0.818. The Morgan fingerprint density at radius 1 is 1.33 bits per heavy atom. The Kier molecular flexibility index (Phi) is 5.13. The second kappa shape index (κ2) is 6.17. The highest BCUT2D eigenvalue weighted by atomic mass is 32.2. The van der Waals surface area contributed by atoms with E-state index in [9.17, 15) is 18.0 Å². The van der Waals surface area contributed by atoms with Crippen molar-refractivity contribution in [1.29, 1.82) is 0 Å². The molecule has 0 bridgehead atoms. The van der Waals surface area contributed by atoms with Crippen LogP contribution < -0.4 is 0 Å². The first-order valence-electron chi connectivity index (χ1n) is 5.99. The molecule has 104 valence electrons. The highest BCUT2D eigenvalue weighted by Crippen LogP contribution is 2.21. The highest BCUT2D eigenvalue weighted by molar-refractivity contribution is 7.92. The zero-order valence-corrected chi connectivity index (χ0v) is 11.5. The smallest absolute Gasteiger partial charge is 0.325 e. The molecule has 7 heteroatoms. The van der Waals surface area contributed by atoms with Crippen molar-refractivity contribution in [3.63, 3.8) is 0 Å². The van der Waals surface area contributed by atoms with Gasteiger partial charge in [0.2, 0.25) is 5.91 Å². The molecule has 0 saturated carbocycles. The average Bonchev–Trinajstić information content (AvgIpc) is 2.34. The summed E-state index contributed by atoms with van der Waals surface area (Å²) in [5, 5.41) is -0.990. The van der Waals surface area contributed by atoms with Crippen LogP contribution in [0, 0.1) is 0 Å². The van der Waals surface area contributed by atoms with Gasteiger partial charge >= 0.3 is 5.97 Å². The van der Waals surface area contributed by atoms with Gasteiger partial charge in [0.05, 0.1) is 12.9 Å². The second-order valence-electron chi connectivity index (χ2n) is 4.28. The molecule has 1 atom stereocenters. The minimum Gasteiger partial charge on any atom is -0.468 e. The van der Waals surface area contributed by atoms with E-state index in [0.717, 1.165) is 6.42 Å². The predicted octanol–water partition coefficient (Wildman–Crippen LogP) is -0.0248. The Labute approximate surface area is 107 Å². The number of methoxy groups -OCH3 is 1. The third-order valence-electron chi connectivity index (χ3n) is 3.10. The first-order chi connectivity index (χ1) is 8.42. The maximum atomic E-state index is 12.1. The van der Waals surface area contributed by atoms with Crippen molar-refractivity contribution in [2.45, 2.75) is 31.4 Å². The average molecular weight is 277 g/mol. The van der Waals surface area contributed by atoms with Crippen molar-refractivity contribution in [3.8, 4) is 0 Å². The van der Waals surface area contributed by atoms with Crippen LogP contribution in [-0.4, -0.2) is 56.4 Å². The number of sulfone groups is 1. The summed E-state index contributed by atoms with van der Waals surface area (Å²) in [6.45, 7) is 1.80. The molecule has 1 aliphatic heterocycles. The van der Waals surface area contributed by atoms with Gasteiger partial charge in [0.25, 0.3) is 0 Å². The number of ether oxygens (including phenoxy) is 1. The molecule has 0 N–H and O–H groups in total. The lowest BCUT2D eigenvalue weighted by Gasteiger charge is -2.27. The lowest BCUT2D eigenvalue weighted by atomic mass is 10.1. The number of rotatable bonds is 4. The number of carbonyl (C=O) groups excluding carboxylic acids is 2. The highest BCUT2D eigenvalue weighted by Gasteiger charge is 2.37. The van der Waals surface area contributed by atoms with Crippen molar-refractivity contribution in [3.05, 3.63) is 0 Å². The molecule has 1 unspecified atom stereocenters. The molecule has 0 radical (unpaired) electrons. The van der Waals surface area contributed by atoms with Crippen LogP contribution in [0.2, 0.25) is 0 Å². The van der Waals surface area contributed by atoms with Crippen LogP contribution in [0.4, 0.5) is 0 Å². The van der Waals surface area contributed by atoms with E-state index in [1.165, 1.54) is 12.0 Å². The summed E-state index contributed by atoms with van der Waals surface area (Å²) in [5.74, 6) is -0.972. The van der Waals surface area contributed by atoms with Crippen molar-refractivity contribution >= 4 is 21.7 Å². The largest absolute Gasteiger partial charge is 0.468 e.